The van der Waals surface area contributed by atoms with Gasteiger partial charge in [0.1, 0.15) is 17.4 Å². The van der Waals surface area contributed by atoms with Crippen molar-refractivity contribution in [2.24, 2.45) is 0 Å². The molecule has 30 heavy (non-hydrogen) atoms. The molecule has 0 amide bonds. The van der Waals surface area contributed by atoms with Crippen molar-refractivity contribution in [3.05, 3.63) is 52.3 Å². The standard InChI is InChI=1S/C22H23F3N4O/c1-11(13-7-14(22(23,24)25)9-15(26)8-13)27-21-18-10-19(30-3)16-5-4-6-17(16)20(18)28-12(2)29-21/h7-11H,4-6,26H2,1-3H3,(H,27,28,29). The summed E-state index contributed by atoms with van der Waals surface area (Å²) in [5.41, 5.74) is 8.66. The number of nitrogens with one attached hydrogen (secondary N) is 1. The van der Waals surface area contributed by atoms with Crippen molar-refractivity contribution in [3.8, 4) is 5.75 Å². The predicted octanol–water partition coefficient (Wildman–Crippen LogP) is 5.21. The zero-order chi connectivity index (χ0) is 21.6. The molecule has 5 nitrogen and oxygen atoms in total. The lowest BCUT2D eigenvalue weighted by molar-refractivity contribution is -0.137. The van der Waals surface area contributed by atoms with E-state index in [0.717, 1.165) is 53.6 Å². The third-order valence-electron chi connectivity index (χ3n) is 5.51. The van der Waals surface area contributed by atoms with E-state index in [2.05, 4.69) is 15.3 Å². The molecule has 158 valence electrons. The van der Waals surface area contributed by atoms with Gasteiger partial charge in [0, 0.05) is 11.1 Å². The number of ether oxygens (including phenoxy) is 1. The minimum atomic E-state index is -4.46. The van der Waals surface area contributed by atoms with Gasteiger partial charge in [-0.25, -0.2) is 9.97 Å². The number of hydrogen-bond donors (Lipinski definition) is 2. The summed E-state index contributed by atoms with van der Waals surface area (Å²) in [6.45, 7) is 3.59. The number of nitrogen functional groups attached to an aromatic ring is 1. The van der Waals surface area contributed by atoms with Crippen molar-refractivity contribution in [1.29, 1.82) is 0 Å². The third kappa shape index (κ3) is 3.62. The Hall–Kier alpha value is -3.03. The van der Waals surface area contributed by atoms with Crippen LogP contribution in [0.1, 0.15) is 47.5 Å². The van der Waals surface area contributed by atoms with Gasteiger partial charge in [0.25, 0.3) is 0 Å². The van der Waals surface area contributed by atoms with Crippen molar-refractivity contribution in [3.63, 3.8) is 0 Å². The van der Waals surface area contributed by atoms with Gasteiger partial charge in [-0.3, -0.25) is 0 Å². The Kier molecular flexibility index (Phi) is 4.95. The van der Waals surface area contributed by atoms with Crippen LogP contribution in [0.25, 0.3) is 10.9 Å². The molecule has 1 atom stereocenters. The van der Waals surface area contributed by atoms with E-state index in [1.54, 1.807) is 20.1 Å². The first-order valence-corrected chi connectivity index (χ1v) is 9.78. The Morgan fingerprint density at radius 2 is 1.83 bits per heavy atom. The molecule has 1 unspecified atom stereocenters. The molecule has 0 spiro atoms. The number of aromatic nitrogens is 2. The van der Waals surface area contributed by atoms with Crippen molar-refractivity contribution in [1.82, 2.24) is 9.97 Å². The Balaban J connectivity index is 1.78. The van der Waals surface area contributed by atoms with Crippen molar-refractivity contribution < 1.29 is 17.9 Å². The van der Waals surface area contributed by atoms with Gasteiger partial charge in [-0.1, -0.05) is 0 Å². The number of rotatable bonds is 4. The maximum absolute atomic E-state index is 13.2. The summed E-state index contributed by atoms with van der Waals surface area (Å²) in [5.74, 6) is 1.95. The lowest BCUT2D eigenvalue weighted by atomic mass is 10.0. The maximum Gasteiger partial charge on any atom is 0.416 e. The van der Waals surface area contributed by atoms with E-state index in [0.29, 0.717) is 17.2 Å². The summed E-state index contributed by atoms with van der Waals surface area (Å²) < 4.78 is 45.2. The number of aryl methyl sites for hydroxylation is 2. The highest BCUT2D eigenvalue weighted by Gasteiger charge is 2.31. The summed E-state index contributed by atoms with van der Waals surface area (Å²) >= 11 is 0. The van der Waals surface area contributed by atoms with Crippen LogP contribution in [0, 0.1) is 6.92 Å². The van der Waals surface area contributed by atoms with Crippen molar-refractivity contribution in [2.45, 2.75) is 45.3 Å². The quantitative estimate of drug-likeness (QED) is 0.571. The van der Waals surface area contributed by atoms with Gasteiger partial charge in [-0.15, -0.1) is 0 Å². The zero-order valence-corrected chi connectivity index (χ0v) is 17.0. The molecular weight excluding hydrogens is 393 g/mol. The Labute approximate surface area is 172 Å². The van der Waals surface area contributed by atoms with Gasteiger partial charge in [-0.2, -0.15) is 13.2 Å². The molecule has 8 heteroatoms. The summed E-state index contributed by atoms with van der Waals surface area (Å²) in [6.07, 6.45) is -1.56. The molecule has 2 aromatic carbocycles. The molecule has 1 aliphatic carbocycles. The normalized spacial score (nSPS) is 14.6. The number of fused-ring (bicyclic) bond motifs is 3. The fraction of sp³-hybridized carbons (Fsp3) is 0.364. The van der Waals surface area contributed by atoms with Crippen LogP contribution in [0.15, 0.2) is 24.3 Å². The Morgan fingerprint density at radius 3 is 2.53 bits per heavy atom. The number of nitrogens with zero attached hydrogens (tertiary/aromatic N) is 2. The first kappa shape index (κ1) is 20.3. The van der Waals surface area contributed by atoms with Gasteiger partial charge in [0.05, 0.1) is 24.2 Å². The van der Waals surface area contributed by atoms with Crippen LogP contribution >= 0.6 is 0 Å². The van der Waals surface area contributed by atoms with Crippen LogP contribution in [0.5, 0.6) is 5.75 Å². The molecule has 3 N–H and O–H groups in total. The zero-order valence-electron chi connectivity index (χ0n) is 17.0. The average Bonchev–Trinajstić information content (AvgIpc) is 3.16. The smallest absolute Gasteiger partial charge is 0.416 e. The second-order valence-corrected chi connectivity index (χ2v) is 7.66. The van der Waals surface area contributed by atoms with Crippen LogP contribution < -0.4 is 15.8 Å². The second-order valence-electron chi connectivity index (χ2n) is 7.66. The molecule has 0 bridgehead atoms. The molecule has 0 saturated heterocycles. The number of halogens is 3. The number of nitrogens with two attached hydrogens (primary N) is 1. The maximum atomic E-state index is 13.2. The van der Waals surface area contributed by atoms with E-state index in [1.165, 1.54) is 5.56 Å². The van der Waals surface area contributed by atoms with Gasteiger partial charge in [0.2, 0.25) is 0 Å². The summed E-state index contributed by atoms with van der Waals surface area (Å²) in [6, 6.07) is 5.05. The molecule has 3 aromatic rings. The SMILES string of the molecule is COc1cc2c(NC(C)c3cc(N)cc(C(F)(F)F)c3)nc(C)nc2c2c1CCC2. The fourth-order valence-corrected chi connectivity index (χ4v) is 4.11. The van der Waals surface area contributed by atoms with Gasteiger partial charge in [0.15, 0.2) is 0 Å². The van der Waals surface area contributed by atoms with Crippen LogP contribution in [-0.4, -0.2) is 17.1 Å². The first-order valence-electron chi connectivity index (χ1n) is 9.78. The summed E-state index contributed by atoms with van der Waals surface area (Å²) in [5, 5.41) is 4.06. The molecule has 4 rings (SSSR count). The van der Waals surface area contributed by atoms with E-state index in [1.807, 2.05) is 13.0 Å². The molecule has 0 fully saturated rings. The molecule has 0 saturated carbocycles. The highest BCUT2D eigenvalue weighted by Crippen LogP contribution is 2.39. The highest BCUT2D eigenvalue weighted by atomic mass is 19.4. The molecular formula is C22H23F3N4O. The Bertz CT molecular complexity index is 1130. The molecule has 1 aromatic heterocycles. The van der Waals surface area contributed by atoms with Crippen molar-refractivity contribution in [2.75, 3.05) is 18.2 Å². The minimum Gasteiger partial charge on any atom is -0.496 e. The first-order chi connectivity index (χ1) is 14.2. The summed E-state index contributed by atoms with van der Waals surface area (Å²) in [7, 11) is 1.63. The fourth-order valence-electron chi connectivity index (χ4n) is 4.11. The molecule has 1 aliphatic rings. The van der Waals surface area contributed by atoms with E-state index in [9.17, 15) is 13.2 Å². The number of methoxy groups -OCH3 is 1. The molecule has 1 heterocycles. The Morgan fingerprint density at radius 1 is 1.10 bits per heavy atom. The number of hydrogen-bond acceptors (Lipinski definition) is 5. The van der Waals surface area contributed by atoms with E-state index >= 15 is 0 Å². The average molecular weight is 416 g/mol. The van der Waals surface area contributed by atoms with E-state index < -0.39 is 17.8 Å². The second kappa shape index (κ2) is 7.34. The predicted molar refractivity (Wildman–Crippen MR) is 111 cm³/mol. The van der Waals surface area contributed by atoms with Gasteiger partial charge in [-0.05, 0) is 74.1 Å². The summed E-state index contributed by atoms with van der Waals surface area (Å²) in [4.78, 5) is 9.18. The van der Waals surface area contributed by atoms with Gasteiger partial charge >= 0.3 is 6.18 Å². The van der Waals surface area contributed by atoms with Crippen LogP contribution in [0.2, 0.25) is 0 Å². The van der Waals surface area contributed by atoms with Crippen LogP contribution in [0.4, 0.5) is 24.7 Å². The number of anilines is 2. The topological polar surface area (TPSA) is 73.1 Å². The van der Waals surface area contributed by atoms with Crippen LogP contribution in [0.3, 0.4) is 0 Å². The highest BCUT2D eigenvalue weighted by molar-refractivity contribution is 5.94. The molecule has 0 aliphatic heterocycles. The monoisotopic (exact) mass is 416 g/mol. The van der Waals surface area contributed by atoms with Gasteiger partial charge < -0.3 is 15.8 Å². The lowest BCUT2D eigenvalue weighted by Crippen LogP contribution is -2.13. The number of benzene rings is 2. The number of alkyl halides is 3. The largest absolute Gasteiger partial charge is 0.496 e. The van der Waals surface area contributed by atoms with E-state index in [4.69, 9.17) is 10.5 Å². The van der Waals surface area contributed by atoms with Crippen molar-refractivity contribution >= 4 is 22.4 Å². The van der Waals surface area contributed by atoms with E-state index in [-0.39, 0.29) is 5.69 Å². The van der Waals surface area contributed by atoms with Crippen LogP contribution in [-0.2, 0) is 19.0 Å². The third-order valence-corrected chi connectivity index (χ3v) is 5.51. The molecule has 0 radical (unpaired) electrons. The minimum absolute atomic E-state index is 0.0664. The lowest BCUT2D eigenvalue weighted by Gasteiger charge is -2.20.